The highest BCUT2D eigenvalue weighted by Gasteiger charge is 2.36. The van der Waals surface area contributed by atoms with Gasteiger partial charge in [0.25, 0.3) is 0 Å². The minimum Gasteiger partial charge on any atom is -0.478 e. The second kappa shape index (κ2) is 6.71. The van der Waals surface area contributed by atoms with Crippen LogP contribution in [-0.2, 0) is 14.8 Å². The van der Waals surface area contributed by atoms with Gasteiger partial charge in [0, 0.05) is 0 Å². The van der Waals surface area contributed by atoms with Crippen molar-refractivity contribution >= 4 is 21.7 Å². The molecule has 2 rings (SSSR count). The molecule has 1 atom stereocenters. The minimum atomic E-state index is -4.99. The lowest BCUT2D eigenvalue weighted by Crippen LogP contribution is -2.34. The van der Waals surface area contributed by atoms with Crippen molar-refractivity contribution in [2.45, 2.75) is 30.9 Å². The number of carboxylic acid groups (broad SMARTS) is 1. The SMILES string of the molecule is O=C(O)C1=CCCCC1S(=O)(=O)Nc1ccccc1OC(F)(F)F. The predicted molar refractivity (Wildman–Crippen MR) is 79.0 cm³/mol. The largest absolute Gasteiger partial charge is 0.573 e. The number of rotatable bonds is 5. The lowest BCUT2D eigenvalue weighted by atomic mass is 9.99. The molecule has 24 heavy (non-hydrogen) atoms. The van der Waals surface area contributed by atoms with Crippen LogP contribution in [0.15, 0.2) is 35.9 Å². The number of benzene rings is 1. The average molecular weight is 365 g/mol. The maximum atomic E-state index is 12.4. The molecule has 10 heteroatoms. The van der Waals surface area contributed by atoms with Crippen molar-refractivity contribution in [3.8, 4) is 5.75 Å². The Bertz CT molecular complexity index is 758. The van der Waals surface area contributed by atoms with Crippen LogP contribution in [-0.4, -0.2) is 31.1 Å². The second-order valence-electron chi connectivity index (χ2n) is 5.08. The lowest BCUT2D eigenvalue weighted by Gasteiger charge is -2.23. The number of ether oxygens (including phenoxy) is 1. The molecular formula is C14H14F3NO5S. The summed E-state index contributed by atoms with van der Waals surface area (Å²) in [6, 6.07) is 4.64. The Balaban J connectivity index is 2.32. The van der Waals surface area contributed by atoms with Crippen molar-refractivity contribution in [1.29, 1.82) is 0 Å². The zero-order valence-corrected chi connectivity index (χ0v) is 13.0. The fourth-order valence-corrected chi connectivity index (χ4v) is 4.01. The van der Waals surface area contributed by atoms with E-state index >= 15 is 0 Å². The number of para-hydroxylation sites is 2. The molecule has 1 aromatic carbocycles. The quantitative estimate of drug-likeness (QED) is 0.837. The minimum absolute atomic E-state index is 0.0652. The highest BCUT2D eigenvalue weighted by Crippen LogP contribution is 2.33. The third-order valence-electron chi connectivity index (χ3n) is 3.37. The van der Waals surface area contributed by atoms with Crippen LogP contribution in [0.1, 0.15) is 19.3 Å². The smallest absolute Gasteiger partial charge is 0.478 e. The summed E-state index contributed by atoms with van der Waals surface area (Å²) in [7, 11) is -4.26. The van der Waals surface area contributed by atoms with E-state index in [0.717, 1.165) is 12.1 Å². The Morgan fingerprint density at radius 2 is 1.96 bits per heavy atom. The van der Waals surface area contributed by atoms with E-state index in [1.807, 2.05) is 4.72 Å². The molecule has 0 aliphatic heterocycles. The molecule has 0 fully saturated rings. The monoisotopic (exact) mass is 365 g/mol. The number of allylic oxidation sites excluding steroid dienone is 1. The molecule has 0 spiro atoms. The number of carboxylic acids is 1. The zero-order chi connectivity index (χ0) is 18.0. The van der Waals surface area contributed by atoms with Crippen molar-refractivity contribution in [2.75, 3.05) is 4.72 Å². The summed E-state index contributed by atoms with van der Waals surface area (Å²) in [5.74, 6) is -2.09. The van der Waals surface area contributed by atoms with E-state index in [9.17, 15) is 26.4 Å². The number of sulfonamides is 1. The fraction of sp³-hybridized carbons (Fsp3) is 0.357. The first-order valence-corrected chi connectivity index (χ1v) is 8.44. The number of halogens is 3. The molecule has 132 valence electrons. The van der Waals surface area contributed by atoms with Crippen LogP contribution in [0.3, 0.4) is 0 Å². The number of alkyl halides is 3. The van der Waals surface area contributed by atoms with Crippen LogP contribution in [0, 0.1) is 0 Å². The zero-order valence-electron chi connectivity index (χ0n) is 12.2. The molecule has 0 heterocycles. The molecule has 0 bridgehead atoms. The second-order valence-corrected chi connectivity index (χ2v) is 6.94. The van der Waals surface area contributed by atoms with E-state index < -0.39 is 39.0 Å². The summed E-state index contributed by atoms with van der Waals surface area (Å²) in [6.45, 7) is 0. The van der Waals surface area contributed by atoms with Crippen LogP contribution in [0.25, 0.3) is 0 Å². The van der Waals surface area contributed by atoms with Gasteiger partial charge in [-0.3, -0.25) is 4.72 Å². The summed E-state index contributed by atoms with van der Waals surface area (Å²) < 4.78 is 67.8. The Kier molecular flexibility index (Phi) is 5.07. The number of carbonyl (C=O) groups is 1. The van der Waals surface area contributed by atoms with Crippen molar-refractivity contribution in [3.05, 3.63) is 35.9 Å². The van der Waals surface area contributed by atoms with Gasteiger partial charge in [0.15, 0.2) is 5.75 Å². The topological polar surface area (TPSA) is 92.7 Å². The maximum absolute atomic E-state index is 12.4. The van der Waals surface area contributed by atoms with Gasteiger partial charge >= 0.3 is 12.3 Å². The molecule has 1 unspecified atom stereocenters. The third-order valence-corrected chi connectivity index (χ3v) is 5.11. The van der Waals surface area contributed by atoms with Crippen LogP contribution in [0.2, 0.25) is 0 Å². The van der Waals surface area contributed by atoms with E-state index in [0.29, 0.717) is 12.8 Å². The standard InChI is InChI=1S/C14H14F3NO5S/c15-14(16,17)23-11-7-3-2-6-10(11)18-24(21,22)12-8-4-1-5-9(12)13(19)20/h2-3,5-7,12,18H,1,4,8H2,(H,19,20). The van der Waals surface area contributed by atoms with E-state index in [1.54, 1.807) is 0 Å². The number of hydrogen-bond donors (Lipinski definition) is 2. The van der Waals surface area contributed by atoms with Crippen LogP contribution in [0.4, 0.5) is 18.9 Å². The van der Waals surface area contributed by atoms with Crippen LogP contribution >= 0.6 is 0 Å². The molecule has 1 aliphatic rings. The van der Waals surface area contributed by atoms with Crippen molar-refractivity contribution in [1.82, 2.24) is 0 Å². The normalized spacial score (nSPS) is 18.6. The third kappa shape index (κ3) is 4.40. The molecule has 0 saturated carbocycles. The van der Waals surface area contributed by atoms with Gasteiger partial charge in [0.1, 0.15) is 5.25 Å². The molecule has 2 N–H and O–H groups in total. The highest BCUT2D eigenvalue weighted by atomic mass is 32.2. The Morgan fingerprint density at radius 3 is 2.58 bits per heavy atom. The average Bonchev–Trinajstić information content (AvgIpc) is 2.47. The molecule has 1 aromatic rings. The van der Waals surface area contributed by atoms with Crippen LogP contribution in [0.5, 0.6) is 5.75 Å². The van der Waals surface area contributed by atoms with Gasteiger partial charge in [-0.25, -0.2) is 13.2 Å². The van der Waals surface area contributed by atoms with Gasteiger partial charge < -0.3 is 9.84 Å². The first kappa shape index (κ1) is 18.1. The van der Waals surface area contributed by atoms with Crippen molar-refractivity contribution < 1.29 is 36.2 Å². The van der Waals surface area contributed by atoms with E-state index in [-0.39, 0.29) is 12.0 Å². The summed E-state index contributed by atoms with van der Waals surface area (Å²) in [6.07, 6.45) is -2.72. The van der Waals surface area contributed by atoms with Crippen molar-refractivity contribution in [2.24, 2.45) is 0 Å². The molecular weight excluding hydrogens is 351 g/mol. The molecule has 1 aliphatic carbocycles. The molecule has 0 amide bonds. The van der Waals surface area contributed by atoms with Gasteiger partial charge in [-0.1, -0.05) is 18.2 Å². The number of hydrogen-bond acceptors (Lipinski definition) is 4. The Morgan fingerprint density at radius 1 is 1.29 bits per heavy atom. The molecule has 0 saturated heterocycles. The van der Waals surface area contributed by atoms with Gasteiger partial charge in [0.05, 0.1) is 11.3 Å². The maximum Gasteiger partial charge on any atom is 0.573 e. The predicted octanol–water partition coefficient (Wildman–Crippen LogP) is 2.89. The first-order chi connectivity index (χ1) is 11.1. The summed E-state index contributed by atoms with van der Waals surface area (Å²) in [4.78, 5) is 11.2. The number of aliphatic carboxylic acids is 1. The van der Waals surface area contributed by atoms with Gasteiger partial charge in [-0.2, -0.15) is 0 Å². The van der Waals surface area contributed by atoms with E-state index in [1.165, 1.54) is 18.2 Å². The summed E-state index contributed by atoms with van der Waals surface area (Å²) >= 11 is 0. The lowest BCUT2D eigenvalue weighted by molar-refractivity contribution is -0.274. The Hall–Kier alpha value is -2.23. The van der Waals surface area contributed by atoms with E-state index in [4.69, 9.17) is 5.11 Å². The molecule has 6 nitrogen and oxygen atoms in total. The Labute approximate surface area is 136 Å². The highest BCUT2D eigenvalue weighted by molar-refractivity contribution is 7.93. The number of nitrogens with one attached hydrogen (secondary N) is 1. The number of anilines is 1. The van der Waals surface area contributed by atoms with Crippen molar-refractivity contribution in [3.63, 3.8) is 0 Å². The van der Waals surface area contributed by atoms with E-state index in [2.05, 4.69) is 4.74 Å². The van der Waals surface area contributed by atoms with Crippen LogP contribution < -0.4 is 9.46 Å². The summed E-state index contributed by atoms with van der Waals surface area (Å²) in [5.41, 5.74) is -0.701. The molecule has 0 aromatic heterocycles. The molecule has 0 radical (unpaired) electrons. The fourth-order valence-electron chi connectivity index (χ4n) is 2.38. The van der Waals surface area contributed by atoms with Gasteiger partial charge in [0.2, 0.25) is 10.0 Å². The van der Waals surface area contributed by atoms with Gasteiger partial charge in [-0.15, -0.1) is 13.2 Å². The summed E-state index contributed by atoms with van der Waals surface area (Å²) in [5, 5.41) is 7.77. The van der Waals surface area contributed by atoms with Gasteiger partial charge in [-0.05, 0) is 31.4 Å². The first-order valence-electron chi connectivity index (χ1n) is 6.90.